The van der Waals surface area contributed by atoms with E-state index in [2.05, 4.69) is 22.5 Å². The number of para-hydroxylation sites is 2. The van der Waals surface area contributed by atoms with Gasteiger partial charge in [0.15, 0.2) is 9.84 Å². The Hall–Kier alpha value is -1.40. The molecule has 0 amide bonds. The Morgan fingerprint density at radius 1 is 1.26 bits per heavy atom. The second kappa shape index (κ2) is 6.61. The molecule has 1 aliphatic heterocycles. The monoisotopic (exact) mass is 335 g/mol. The van der Waals surface area contributed by atoms with Crippen molar-refractivity contribution in [3.05, 3.63) is 30.1 Å². The van der Waals surface area contributed by atoms with Crippen LogP contribution in [0.4, 0.5) is 0 Å². The standard InChI is InChI=1S/C17H25N3O2S/c1-3-9-20-16-7-5-4-6-15(16)18-17(20)13-19-10-8-14(2)23(21,22)12-11-19/h4-7,14H,3,8-13H2,1-2H3. The number of benzene rings is 1. The summed E-state index contributed by atoms with van der Waals surface area (Å²) >= 11 is 0. The Morgan fingerprint density at radius 3 is 2.83 bits per heavy atom. The summed E-state index contributed by atoms with van der Waals surface area (Å²) in [4.78, 5) is 7.01. The molecular formula is C17H25N3O2S. The Bertz CT molecular complexity index is 782. The van der Waals surface area contributed by atoms with E-state index in [9.17, 15) is 8.42 Å². The highest BCUT2D eigenvalue weighted by Gasteiger charge is 2.27. The first-order chi connectivity index (χ1) is 11.0. The minimum absolute atomic E-state index is 0.234. The second-order valence-electron chi connectivity index (χ2n) is 6.41. The molecule has 5 nitrogen and oxygen atoms in total. The maximum absolute atomic E-state index is 12.1. The number of rotatable bonds is 4. The molecule has 0 bridgehead atoms. The Kier molecular flexibility index (Phi) is 4.73. The van der Waals surface area contributed by atoms with Gasteiger partial charge in [0.05, 0.1) is 28.6 Å². The molecule has 1 aromatic carbocycles. The molecule has 6 heteroatoms. The summed E-state index contributed by atoms with van der Waals surface area (Å²) in [5.74, 6) is 1.29. The van der Waals surface area contributed by atoms with E-state index in [4.69, 9.17) is 4.98 Å². The number of nitrogens with zero attached hydrogens (tertiary/aromatic N) is 3. The van der Waals surface area contributed by atoms with E-state index in [0.29, 0.717) is 13.0 Å². The summed E-state index contributed by atoms with van der Waals surface area (Å²) in [6, 6.07) is 8.20. The summed E-state index contributed by atoms with van der Waals surface area (Å²) in [5, 5.41) is -0.234. The summed E-state index contributed by atoms with van der Waals surface area (Å²) < 4.78 is 26.4. The van der Waals surface area contributed by atoms with Crippen molar-refractivity contribution in [1.82, 2.24) is 14.5 Å². The molecule has 2 heterocycles. The summed E-state index contributed by atoms with van der Waals surface area (Å²) in [6.07, 6.45) is 1.76. The van der Waals surface area contributed by atoms with E-state index in [1.807, 2.05) is 25.1 Å². The van der Waals surface area contributed by atoms with E-state index in [1.54, 1.807) is 0 Å². The number of sulfone groups is 1. The lowest BCUT2D eigenvalue weighted by atomic mass is 10.3. The molecule has 0 spiro atoms. The van der Waals surface area contributed by atoms with Gasteiger partial charge in [-0.05, 0) is 38.4 Å². The van der Waals surface area contributed by atoms with Gasteiger partial charge in [-0.25, -0.2) is 13.4 Å². The minimum atomic E-state index is -2.94. The number of imidazole rings is 1. The van der Waals surface area contributed by atoms with E-state index < -0.39 is 9.84 Å². The zero-order valence-corrected chi connectivity index (χ0v) is 14.7. The van der Waals surface area contributed by atoms with Gasteiger partial charge < -0.3 is 4.57 Å². The molecule has 126 valence electrons. The van der Waals surface area contributed by atoms with Crippen LogP contribution in [0.15, 0.2) is 24.3 Å². The van der Waals surface area contributed by atoms with Gasteiger partial charge in [0, 0.05) is 13.1 Å². The first-order valence-electron chi connectivity index (χ1n) is 8.39. The largest absolute Gasteiger partial charge is 0.327 e. The van der Waals surface area contributed by atoms with Crippen LogP contribution in [-0.4, -0.2) is 47.0 Å². The number of hydrogen-bond acceptors (Lipinski definition) is 4. The van der Waals surface area contributed by atoms with Crippen LogP contribution in [0.5, 0.6) is 0 Å². The molecule has 1 aliphatic rings. The number of aromatic nitrogens is 2. The zero-order chi connectivity index (χ0) is 16.4. The number of aryl methyl sites for hydroxylation is 1. The van der Waals surface area contributed by atoms with Crippen molar-refractivity contribution in [2.45, 2.75) is 45.0 Å². The van der Waals surface area contributed by atoms with Crippen molar-refractivity contribution < 1.29 is 8.42 Å². The van der Waals surface area contributed by atoms with Crippen molar-refractivity contribution in [3.63, 3.8) is 0 Å². The predicted octanol–water partition coefficient (Wildman–Crippen LogP) is 2.46. The summed E-state index contributed by atoms with van der Waals surface area (Å²) in [5.41, 5.74) is 2.19. The van der Waals surface area contributed by atoms with E-state index in [1.165, 1.54) is 5.52 Å². The summed E-state index contributed by atoms with van der Waals surface area (Å²) in [6.45, 7) is 7.07. The third-order valence-electron chi connectivity index (χ3n) is 4.70. The highest BCUT2D eigenvalue weighted by atomic mass is 32.2. The molecular weight excluding hydrogens is 310 g/mol. The van der Waals surface area contributed by atoms with Crippen molar-refractivity contribution >= 4 is 20.9 Å². The highest BCUT2D eigenvalue weighted by Crippen LogP contribution is 2.20. The molecule has 0 radical (unpaired) electrons. The predicted molar refractivity (Wildman–Crippen MR) is 93.2 cm³/mol. The molecule has 1 saturated heterocycles. The smallest absolute Gasteiger partial charge is 0.154 e. The van der Waals surface area contributed by atoms with Crippen LogP contribution in [-0.2, 0) is 22.9 Å². The van der Waals surface area contributed by atoms with Gasteiger partial charge in [-0.15, -0.1) is 0 Å². The average Bonchev–Trinajstić information content (AvgIpc) is 2.81. The Labute approximate surface area is 138 Å². The van der Waals surface area contributed by atoms with Crippen molar-refractivity contribution in [2.24, 2.45) is 0 Å². The molecule has 23 heavy (non-hydrogen) atoms. The lowest BCUT2D eigenvalue weighted by Crippen LogP contribution is -2.28. The quantitative estimate of drug-likeness (QED) is 0.861. The SMILES string of the molecule is CCCn1c(CN2CCC(C)S(=O)(=O)CC2)nc2ccccc21. The molecule has 0 aliphatic carbocycles. The normalized spacial score (nSPS) is 22.3. The van der Waals surface area contributed by atoms with Gasteiger partial charge in [-0.2, -0.15) is 0 Å². The fraction of sp³-hybridized carbons (Fsp3) is 0.588. The van der Waals surface area contributed by atoms with Crippen molar-refractivity contribution in [3.8, 4) is 0 Å². The fourth-order valence-corrected chi connectivity index (χ4v) is 4.57. The van der Waals surface area contributed by atoms with Gasteiger partial charge in [0.2, 0.25) is 0 Å². The molecule has 1 aromatic heterocycles. The van der Waals surface area contributed by atoms with Crippen molar-refractivity contribution in [2.75, 3.05) is 18.8 Å². The van der Waals surface area contributed by atoms with Crippen LogP contribution in [0.25, 0.3) is 11.0 Å². The van der Waals surface area contributed by atoms with Crippen LogP contribution >= 0.6 is 0 Å². The highest BCUT2D eigenvalue weighted by molar-refractivity contribution is 7.92. The summed E-state index contributed by atoms with van der Waals surface area (Å²) in [7, 11) is -2.94. The fourth-order valence-electron chi connectivity index (χ4n) is 3.19. The maximum Gasteiger partial charge on any atom is 0.154 e. The lowest BCUT2D eigenvalue weighted by molar-refractivity contribution is 0.272. The van der Waals surface area contributed by atoms with E-state index >= 15 is 0 Å². The van der Waals surface area contributed by atoms with Crippen LogP contribution in [0.3, 0.4) is 0 Å². The minimum Gasteiger partial charge on any atom is -0.327 e. The number of hydrogen-bond donors (Lipinski definition) is 0. The molecule has 1 unspecified atom stereocenters. The maximum atomic E-state index is 12.1. The van der Waals surface area contributed by atoms with Crippen LogP contribution < -0.4 is 0 Å². The molecule has 1 fully saturated rings. The Morgan fingerprint density at radius 2 is 2.04 bits per heavy atom. The van der Waals surface area contributed by atoms with E-state index in [-0.39, 0.29) is 11.0 Å². The molecule has 1 atom stereocenters. The van der Waals surface area contributed by atoms with Gasteiger partial charge in [0.1, 0.15) is 5.82 Å². The van der Waals surface area contributed by atoms with Gasteiger partial charge in [0.25, 0.3) is 0 Å². The first kappa shape index (κ1) is 16.5. The number of fused-ring (bicyclic) bond motifs is 1. The lowest BCUT2D eigenvalue weighted by Gasteiger charge is -2.19. The van der Waals surface area contributed by atoms with Crippen LogP contribution in [0, 0.1) is 0 Å². The van der Waals surface area contributed by atoms with Crippen LogP contribution in [0.1, 0.15) is 32.5 Å². The third kappa shape index (κ3) is 3.43. The van der Waals surface area contributed by atoms with Gasteiger partial charge >= 0.3 is 0 Å². The van der Waals surface area contributed by atoms with Gasteiger partial charge in [-0.1, -0.05) is 19.1 Å². The third-order valence-corrected chi connectivity index (χ3v) is 6.92. The van der Waals surface area contributed by atoms with E-state index in [0.717, 1.165) is 37.4 Å². The van der Waals surface area contributed by atoms with Crippen molar-refractivity contribution in [1.29, 1.82) is 0 Å². The Balaban J connectivity index is 1.85. The molecule has 0 saturated carbocycles. The average molecular weight is 335 g/mol. The molecule has 3 rings (SSSR count). The topological polar surface area (TPSA) is 55.2 Å². The van der Waals surface area contributed by atoms with Crippen LogP contribution in [0.2, 0.25) is 0 Å². The van der Waals surface area contributed by atoms with Gasteiger partial charge in [-0.3, -0.25) is 4.90 Å². The molecule has 2 aromatic rings. The molecule has 0 N–H and O–H groups in total. The second-order valence-corrected chi connectivity index (χ2v) is 8.95. The first-order valence-corrected chi connectivity index (χ1v) is 10.1. The zero-order valence-electron chi connectivity index (χ0n) is 13.9.